The molecule has 0 bridgehead atoms. The van der Waals surface area contributed by atoms with Gasteiger partial charge in [0, 0.05) is 49.9 Å². The van der Waals surface area contributed by atoms with E-state index in [1.54, 1.807) is 0 Å². The van der Waals surface area contributed by atoms with Crippen molar-refractivity contribution in [2.75, 3.05) is 32.8 Å². The number of hydrogen-bond acceptors (Lipinski definition) is 4. The minimum absolute atomic E-state index is 0.0102. The van der Waals surface area contributed by atoms with E-state index in [0.717, 1.165) is 51.0 Å². The smallest absolute Gasteiger partial charge is 0.274 e. The summed E-state index contributed by atoms with van der Waals surface area (Å²) in [5.41, 5.74) is 2.77. The maximum atomic E-state index is 13.2. The Balaban J connectivity index is 1.16. The van der Waals surface area contributed by atoms with E-state index in [1.165, 1.54) is 5.56 Å². The Kier molecular flexibility index (Phi) is 6.23. The van der Waals surface area contributed by atoms with Crippen LogP contribution in [0.1, 0.15) is 73.6 Å². The highest BCUT2D eigenvalue weighted by Gasteiger charge is 2.59. The molecule has 182 valence electrons. The molecule has 3 aliphatic rings. The van der Waals surface area contributed by atoms with Gasteiger partial charge in [-0.15, -0.1) is 0 Å². The van der Waals surface area contributed by atoms with E-state index in [9.17, 15) is 9.59 Å². The second kappa shape index (κ2) is 9.17. The number of aromatic amines is 1. The van der Waals surface area contributed by atoms with Crippen molar-refractivity contribution >= 4 is 11.8 Å². The Bertz CT molecular complexity index is 1020. The van der Waals surface area contributed by atoms with Gasteiger partial charge in [0.05, 0.1) is 0 Å². The molecule has 7 nitrogen and oxygen atoms in total. The third-order valence-electron chi connectivity index (χ3n) is 8.43. The Labute approximate surface area is 201 Å². The number of ether oxygens (including phenoxy) is 1. The fourth-order valence-electron chi connectivity index (χ4n) is 5.83. The third kappa shape index (κ3) is 4.38. The number of rotatable bonds is 6. The van der Waals surface area contributed by atoms with E-state index in [4.69, 9.17) is 4.74 Å². The molecule has 1 aromatic heterocycles. The van der Waals surface area contributed by atoms with Gasteiger partial charge in [-0.05, 0) is 55.1 Å². The van der Waals surface area contributed by atoms with Crippen LogP contribution in [0.15, 0.2) is 36.4 Å². The van der Waals surface area contributed by atoms with E-state index < -0.39 is 0 Å². The number of likely N-dealkylation sites (tertiary alicyclic amines) is 1. The van der Waals surface area contributed by atoms with Gasteiger partial charge in [-0.3, -0.25) is 14.7 Å². The van der Waals surface area contributed by atoms with Gasteiger partial charge >= 0.3 is 0 Å². The molecule has 1 saturated carbocycles. The maximum Gasteiger partial charge on any atom is 0.274 e. The number of benzene rings is 1. The summed E-state index contributed by atoms with van der Waals surface area (Å²) in [5, 5.41) is 10.5. The fraction of sp³-hybridized carbons (Fsp3) is 0.593. The van der Waals surface area contributed by atoms with Crippen molar-refractivity contribution in [2.45, 2.75) is 57.3 Å². The largest absolute Gasteiger partial charge is 0.381 e. The van der Waals surface area contributed by atoms with Gasteiger partial charge in [-0.1, -0.05) is 44.2 Å². The van der Waals surface area contributed by atoms with Gasteiger partial charge in [0.25, 0.3) is 5.91 Å². The first-order valence-electron chi connectivity index (χ1n) is 12.7. The second-order valence-corrected chi connectivity index (χ2v) is 10.8. The molecule has 2 aliphatic heterocycles. The van der Waals surface area contributed by atoms with Crippen LogP contribution < -0.4 is 5.32 Å². The molecule has 2 amide bonds. The van der Waals surface area contributed by atoms with Crippen LogP contribution in [0, 0.1) is 11.3 Å². The summed E-state index contributed by atoms with van der Waals surface area (Å²) in [7, 11) is 0. The molecule has 5 rings (SSSR count). The zero-order chi connectivity index (χ0) is 23.8. The van der Waals surface area contributed by atoms with Crippen LogP contribution in [-0.4, -0.2) is 59.8 Å². The molecule has 3 heterocycles. The predicted octanol–water partition coefficient (Wildman–Crippen LogP) is 3.64. The fourth-order valence-corrected chi connectivity index (χ4v) is 5.83. The van der Waals surface area contributed by atoms with E-state index >= 15 is 0 Å². The van der Waals surface area contributed by atoms with Crippen molar-refractivity contribution in [3.8, 4) is 0 Å². The Morgan fingerprint density at radius 3 is 2.50 bits per heavy atom. The summed E-state index contributed by atoms with van der Waals surface area (Å²) in [5.74, 6) is 0.543. The highest BCUT2D eigenvalue weighted by atomic mass is 16.5. The van der Waals surface area contributed by atoms with Gasteiger partial charge in [0.2, 0.25) is 5.91 Å². The van der Waals surface area contributed by atoms with E-state index in [1.807, 2.05) is 17.0 Å². The van der Waals surface area contributed by atoms with Crippen molar-refractivity contribution in [1.29, 1.82) is 0 Å². The van der Waals surface area contributed by atoms with Gasteiger partial charge < -0.3 is 15.0 Å². The first kappa shape index (κ1) is 23.1. The number of amides is 2. The lowest BCUT2D eigenvalue weighted by molar-refractivity contribution is -0.123. The molecule has 7 heteroatoms. The number of nitrogens with zero attached hydrogens (tertiary/aromatic N) is 2. The lowest BCUT2D eigenvalue weighted by Crippen LogP contribution is -2.46. The molecule has 34 heavy (non-hydrogen) atoms. The monoisotopic (exact) mass is 464 g/mol. The van der Waals surface area contributed by atoms with Crippen LogP contribution in [0.4, 0.5) is 0 Å². The lowest BCUT2D eigenvalue weighted by atomic mass is 9.74. The minimum atomic E-state index is -0.0502. The molecule has 1 aliphatic carbocycles. The van der Waals surface area contributed by atoms with Gasteiger partial charge in [-0.2, -0.15) is 5.10 Å². The van der Waals surface area contributed by atoms with E-state index in [-0.39, 0.29) is 28.6 Å². The van der Waals surface area contributed by atoms with Gasteiger partial charge in [0.15, 0.2) is 0 Å². The summed E-state index contributed by atoms with van der Waals surface area (Å²) < 4.78 is 5.63. The molecule has 3 fully saturated rings. The Hall–Kier alpha value is -2.67. The quantitative estimate of drug-likeness (QED) is 0.683. The van der Waals surface area contributed by atoms with E-state index in [2.05, 4.69) is 53.6 Å². The Morgan fingerprint density at radius 1 is 1.15 bits per heavy atom. The number of carbonyl (C=O) groups excluding carboxylic acids is 2. The molecular weight excluding hydrogens is 428 g/mol. The number of aromatic nitrogens is 2. The zero-order valence-corrected chi connectivity index (χ0v) is 20.3. The predicted molar refractivity (Wildman–Crippen MR) is 130 cm³/mol. The Morgan fingerprint density at radius 2 is 1.85 bits per heavy atom. The SMILES string of the molecule is CC(C)c1cc(C(=O)N2CCC3(CC2)C[C@@H]3C(=O)NCC2(c3ccccc3)CCOCC2)n[nH]1. The summed E-state index contributed by atoms with van der Waals surface area (Å²) in [4.78, 5) is 27.9. The first-order valence-corrected chi connectivity index (χ1v) is 12.7. The summed E-state index contributed by atoms with van der Waals surface area (Å²) >= 11 is 0. The molecule has 1 aromatic carbocycles. The molecule has 2 aromatic rings. The molecule has 1 atom stereocenters. The van der Waals surface area contributed by atoms with Crippen LogP contribution in [-0.2, 0) is 14.9 Å². The van der Waals surface area contributed by atoms with Crippen molar-refractivity contribution in [3.63, 3.8) is 0 Å². The van der Waals surface area contributed by atoms with Gasteiger partial charge in [-0.25, -0.2) is 0 Å². The van der Waals surface area contributed by atoms with Crippen LogP contribution >= 0.6 is 0 Å². The van der Waals surface area contributed by atoms with Crippen molar-refractivity contribution in [1.82, 2.24) is 20.4 Å². The zero-order valence-electron chi connectivity index (χ0n) is 20.3. The maximum absolute atomic E-state index is 13.2. The van der Waals surface area contributed by atoms with Crippen LogP contribution in [0.25, 0.3) is 0 Å². The molecular formula is C27H36N4O3. The summed E-state index contributed by atoms with van der Waals surface area (Å²) in [6.45, 7) is 7.67. The second-order valence-electron chi connectivity index (χ2n) is 10.8. The van der Waals surface area contributed by atoms with Crippen LogP contribution in [0.3, 0.4) is 0 Å². The highest BCUT2D eigenvalue weighted by molar-refractivity contribution is 5.92. The summed E-state index contributed by atoms with van der Waals surface area (Å²) in [6.07, 6.45) is 4.56. The highest BCUT2D eigenvalue weighted by Crippen LogP contribution is 2.59. The lowest BCUT2D eigenvalue weighted by Gasteiger charge is -2.38. The molecule has 2 saturated heterocycles. The van der Waals surface area contributed by atoms with Crippen molar-refractivity contribution in [3.05, 3.63) is 53.3 Å². The average Bonchev–Trinajstić information content (AvgIpc) is 3.33. The standard InChI is InChI=1S/C27H36N4O3/c1-19(2)22-16-23(30-29-22)25(33)31-12-8-26(9-13-31)17-21(26)24(32)28-18-27(10-14-34-15-11-27)20-6-4-3-5-7-20/h3-7,16,19,21H,8-15,17-18H2,1-2H3,(H,28,32)(H,29,30)/t21-/m1/s1. The average molecular weight is 465 g/mol. The number of hydrogen-bond donors (Lipinski definition) is 2. The number of nitrogens with one attached hydrogen (secondary N) is 2. The molecule has 0 radical (unpaired) electrons. The van der Waals surface area contributed by atoms with Crippen molar-refractivity contribution in [2.24, 2.45) is 11.3 Å². The first-order chi connectivity index (χ1) is 16.4. The number of piperidine rings is 1. The minimum Gasteiger partial charge on any atom is -0.381 e. The number of H-pyrrole nitrogens is 1. The van der Waals surface area contributed by atoms with Crippen molar-refractivity contribution < 1.29 is 14.3 Å². The topological polar surface area (TPSA) is 87.3 Å². The molecule has 0 unspecified atom stereocenters. The van der Waals surface area contributed by atoms with Crippen LogP contribution in [0.5, 0.6) is 0 Å². The van der Waals surface area contributed by atoms with Gasteiger partial charge in [0.1, 0.15) is 5.69 Å². The summed E-state index contributed by atoms with van der Waals surface area (Å²) in [6, 6.07) is 12.4. The third-order valence-corrected chi connectivity index (χ3v) is 8.43. The van der Waals surface area contributed by atoms with Crippen LogP contribution in [0.2, 0.25) is 0 Å². The number of carbonyl (C=O) groups is 2. The normalized spacial score (nSPS) is 23.1. The van der Waals surface area contributed by atoms with E-state index in [0.29, 0.717) is 31.2 Å². The molecule has 1 spiro atoms. The molecule has 2 N–H and O–H groups in total.